The fraction of sp³-hybridized carbons (Fsp3) is 0.714. The maximum atomic E-state index is 13.4. The Morgan fingerprint density at radius 2 is 0.722 bits per heavy atom. The summed E-state index contributed by atoms with van der Waals surface area (Å²) in [6.07, 6.45) is -2.13. The van der Waals surface area contributed by atoms with Crippen molar-refractivity contribution in [3.63, 3.8) is 0 Å². The maximum absolute atomic E-state index is 13.4. The lowest BCUT2D eigenvalue weighted by Gasteiger charge is -2.36. The Morgan fingerprint density at radius 3 is 0.944 bits per heavy atom. The number of alkyl halides is 3. The number of hydrogen-bond donors (Lipinski definition) is 6. The lowest BCUT2D eigenvalue weighted by molar-refractivity contribution is -0.154. The van der Waals surface area contributed by atoms with Crippen LogP contribution in [0.3, 0.4) is 0 Å². The van der Waals surface area contributed by atoms with Crippen LogP contribution < -0.4 is 46.7 Å². The number of rotatable bonds is 21. The van der Waals surface area contributed by atoms with Gasteiger partial charge in [0.1, 0.15) is 71.1 Å². The van der Waals surface area contributed by atoms with Crippen LogP contribution in [0.25, 0.3) is 33.5 Å². The normalized spacial score (nSPS) is 31.2. The Labute approximate surface area is 638 Å². The minimum absolute atomic E-state index is 0.00817. The van der Waals surface area contributed by atoms with E-state index in [1.807, 2.05) is 20.8 Å². The number of esters is 3. The molecule has 6 aliphatic rings. The summed E-state index contributed by atoms with van der Waals surface area (Å²) in [7, 11) is -11.4. The van der Waals surface area contributed by atoms with Crippen molar-refractivity contribution in [3.8, 4) is 17.6 Å². The summed E-state index contributed by atoms with van der Waals surface area (Å²) >= 11 is 20.9. The van der Waals surface area contributed by atoms with E-state index in [0.29, 0.717) is 53.3 Å². The molecule has 6 aliphatic heterocycles. The molecule has 9 N–H and O–H groups in total. The van der Waals surface area contributed by atoms with E-state index in [9.17, 15) is 28.1 Å². The molecule has 0 amide bonds. The molecule has 0 aromatic carbocycles. The van der Waals surface area contributed by atoms with Crippen LogP contribution >= 0.6 is 58.0 Å². The van der Waals surface area contributed by atoms with Gasteiger partial charge in [-0.25, -0.2) is 43.9 Å². The zero-order valence-electron chi connectivity index (χ0n) is 63.2. The standard InChI is InChI=1S/3C21H32ClN6O7P/c3*1-7-31-16-13-15(25-19(23)26-16)28(10-24-13)17-21(6,22)14-12(34-17)9-33-36(30,35-14)27-11(2)8-32-18(29)20(3,4)5/h3*10-12,14,17H,7-9H2,1-6H3,(H,27,30)(H2,23,25,26)/t11-,12+,14+,17+,21+,36+;11-,12+,14+,17+,21+,36-;11-,12-,14-,17-,21-,36+/m001/s1. The Balaban J connectivity index is 0.000000173. The number of anilines is 3. The first-order valence-electron chi connectivity index (χ1n) is 34.8. The topological polar surface area (TPSA) is 486 Å². The van der Waals surface area contributed by atoms with Crippen molar-refractivity contribution in [3.05, 3.63) is 19.0 Å². The van der Waals surface area contributed by atoms with Gasteiger partial charge in [-0.15, -0.1) is 34.8 Å². The van der Waals surface area contributed by atoms with Crippen LogP contribution in [0.2, 0.25) is 0 Å². The third-order valence-electron chi connectivity index (χ3n) is 17.2. The summed E-state index contributed by atoms with van der Waals surface area (Å²) in [6, 6.07) is -1.52. The Bertz CT molecular complexity index is 3990. The maximum Gasteiger partial charge on any atom is 0.406 e. The number of aromatic nitrogens is 12. The van der Waals surface area contributed by atoms with E-state index >= 15 is 0 Å². The smallest absolute Gasteiger partial charge is 0.406 e. The fourth-order valence-electron chi connectivity index (χ4n) is 11.9. The second-order valence-corrected chi connectivity index (χ2v) is 37.7. The summed E-state index contributed by atoms with van der Waals surface area (Å²) < 4.78 is 130. The number of hydrogen-bond acceptors (Lipinski definition) is 33. The molecular weight excluding hydrogens is 1540 g/mol. The monoisotopic (exact) mass is 1640 g/mol. The van der Waals surface area contributed by atoms with Gasteiger partial charge >= 0.3 is 41.1 Å². The van der Waals surface area contributed by atoms with E-state index in [-0.39, 0.29) is 93.0 Å². The number of carbonyl (C=O) groups is 3. The van der Waals surface area contributed by atoms with Crippen molar-refractivity contribution in [2.24, 2.45) is 16.2 Å². The van der Waals surface area contributed by atoms with Gasteiger partial charge in [-0.3, -0.25) is 55.2 Å². The molecule has 6 aromatic heterocycles. The highest BCUT2D eigenvalue weighted by Gasteiger charge is 2.63. The van der Waals surface area contributed by atoms with E-state index in [4.69, 9.17) is 122 Å². The average Bonchev–Trinajstić information content (AvgIpc) is 1.59. The van der Waals surface area contributed by atoms with Crippen LogP contribution in [0.5, 0.6) is 17.6 Å². The largest absolute Gasteiger partial charge is 0.476 e. The number of ether oxygens (including phenoxy) is 9. The van der Waals surface area contributed by atoms with E-state index in [1.54, 1.807) is 118 Å². The molecule has 6 aromatic rings. The number of imidazole rings is 3. The molecule has 0 saturated carbocycles. The molecule has 600 valence electrons. The lowest BCUT2D eigenvalue weighted by atomic mass is 9.97. The molecule has 0 bridgehead atoms. The molecule has 0 radical (unpaired) electrons. The third-order valence-corrected chi connectivity index (χ3v) is 23.7. The number of fused-ring (bicyclic) bond motifs is 6. The number of nitrogens with one attached hydrogen (secondary N) is 3. The van der Waals surface area contributed by atoms with E-state index in [2.05, 4.69) is 60.1 Å². The first-order valence-corrected chi connectivity index (χ1v) is 40.6. The van der Waals surface area contributed by atoms with Gasteiger partial charge in [-0.2, -0.15) is 29.9 Å². The molecule has 0 aliphatic carbocycles. The predicted octanol–water partition coefficient (Wildman–Crippen LogP) is 8.38. The predicted molar refractivity (Wildman–Crippen MR) is 392 cm³/mol. The highest BCUT2D eigenvalue weighted by atomic mass is 35.5. The molecule has 6 fully saturated rings. The number of nitrogens with two attached hydrogens (primary N) is 3. The van der Waals surface area contributed by atoms with Crippen LogP contribution in [0, 0.1) is 16.2 Å². The van der Waals surface area contributed by atoms with Gasteiger partial charge in [0, 0.05) is 18.1 Å². The molecular formula is C63H96Cl3N18O21P3. The van der Waals surface area contributed by atoms with E-state index in [1.165, 1.54) is 19.0 Å². The third kappa shape index (κ3) is 18.3. The van der Waals surface area contributed by atoms with Gasteiger partial charge in [-0.1, -0.05) is 0 Å². The molecule has 12 heterocycles. The second kappa shape index (κ2) is 32.2. The van der Waals surface area contributed by atoms with Gasteiger partial charge in [0.2, 0.25) is 35.5 Å². The Kier molecular flexibility index (Phi) is 25.2. The van der Waals surface area contributed by atoms with Crippen molar-refractivity contribution >= 4 is 127 Å². The molecule has 12 rings (SSSR count). The number of carbonyl (C=O) groups excluding carboxylic acids is 3. The average molecular weight is 1640 g/mol. The summed E-state index contributed by atoms with van der Waals surface area (Å²) in [6.45, 7) is 32.5. The van der Waals surface area contributed by atoms with Crippen molar-refractivity contribution in [1.29, 1.82) is 0 Å². The molecule has 0 spiro atoms. The summed E-state index contributed by atoms with van der Waals surface area (Å²) in [5.74, 6) is -0.337. The Morgan fingerprint density at radius 1 is 0.481 bits per heavy atom. The minimum atomic E-state index is -3.79. The fourth-order valence-corrected chi connectivity index (χ4v) is 18.5. The van der Waals surface area contributed by atoms with Gasteiger partial charge < -0.3 is 59.8 Å². The van der Waals surface area contributed by atoms with Gasteiger partial charge in [0.05, 0.1) is 74.9 Å². The van der Waals surface area contributed by atoms with Gasteiger partial charge in [-0.05, 0) is 125 Å². The zero-order chi connectivity index (χ0) is 79.4. The number of halogens is 3. The lowest BCUT2D eigenvalue weighted by Crippen LogP contribution is -2.46. The van der Waals surface area contributed by atoms with Crippen LogP contribution in [0.15, 0.2) is 19.0 Å². The van der Waals surface area contributed by atoms with Crippen LogP contribution in [0.4, 0.5) is 17.8 Å². The zero-order valence-corrected chi connectivity index (χ0v) is 68.1. The van der Waals surface area contributed by atoms with Crippen LogP contribution in [-0.2, 0) is 83.6 Å². The van der Waals surface area contributed by atoms with E-state index < -0.39 is 128 Å². The van der Waals surface area contributed by atoms with Crippen molar-refractivity contribution in [1.82, 2.24) is 73.8 Å². The summed E-state index contributed by atoms with van der Waals surface area (Å²) in [5, 5.41) is 8.42. The van der Waals surface area contributed by atoms with Crippen molar-refractivity contribution < 1.29 is 97.9 Å². The molecule has 39 nitrogen and oxygen atoms in total. The van der Waals surface area contributed by atoms with Gasteiger partial charge in [0.15, 0.2) is 52.2 Å². The molecule has 0 unspecified atom stereocenters. The number of nitrogen functional groups attached to an aromatic ring is 3. The molecule has 6 saturated heterocycles. The van der Waals surface area contributed by atoms with Crippen LogP contribution in [-0.4, -0.2) is 205 Å². The summed E-state index contributed by atoms with van der Waals surface area (Å²) in [4.78, 5) is 70.9. The SMILES string of the molecule is CCOc1nc(N)nc2c1ncn2[C@@H]1O[C@@H]2CO[P@@](=O)(N[C@@H](C)COC(=O)C(C)(C)C)O[C@H]2[C@@]1(C)Cl.CCOc1nc(N)nc2c1ncn2[C@@H]1O[C@@H]2CO[P@@](=O)(N[C@H](C)COC(=O)C(C)(C)C)O[C@H]2[C@@]1(C)Cl.CCOc1nc(N)nc2c1ncn2[C@@H]1O[C@@H]2CO[P@](=O)(N[C@@H](C)COC(=O)C(C)(C)C)O[C@H]2[C@@]1(C)Cl. The quantitative estimate of drug-likeness (QED) is 0.0170. The van der Waals surface area contributed by atoms with Crippen molar-refractivity contribution in [2.45, 2.75) is 213 Å². The van der Waals surface area contributed by atoms with Crippen molar-refractivity contribution in [2.75, 3.05) is 76.7 Å². The molecule has 108 heavy (non-hydrogen) atoms. The molecule has 18 atom stereocenters. The highest BCUT2D eigenvalue weighted by Crippen LogP contribution is 2.61. The van der Waals surface area contributed by atoms with E-state index in [0.717, 1.165) is 0 Å². The Hall–Kier alpha value is -6.06. The first kappa shape index (κ1) is 84.4. The minimum Gasteiger partial charge on any atom is -0.476 e. The second-order valence-electron chi connectivity index (χ2n) is 30.1. The van der Waals surface area contributed by atoms with Gasteiger partial charge in [0.25, 0.3) is 0 Å². The molecule has 45 heteroatoms. The number of nitrogens with zero attached hydrogens (tertiary/aromatic N) is 12. The summed E-state index contributed by atoms with van der Waals surface area (Å²) in [5.41, 5.74) is 18.0. The van der Waals surface area contributed by atoms with Crippen LogP contribution in [0.1, 0.15) is 143 Å². The first-order chi connectivity index (χ1) is 50.2. The highest BCUT2D eigenvalue weighted by molar-refractivity contribution is 7.52.